The fourth-order valence-corrected chi connectivity index (χ4v) is 1.82. The highest BCUT2D eigenvalue weighted by Crippen LogP contribution is 2.23. The third kappa shape index (κ3) is 3.81. The fourth-order valence-electron chi connectivity index (χ4n) is 1.82. The van der Waals surface area contributed by atoms with Gasteiger partial charge in [0.15, 0.2) is 0 Å². The second kappa shape index (κ2) is 4.94. The highest BCUT2D eigenvalue weighted by atomic mass is 16.5. The van der Waals surface area contributed by atoms with Gasteiger partial charge in [-0.1, -0.05) is 19.1 Å². The maximum Gasteiger partial charge on any atom is 0.0641 e. The molecule has 0 saturated carbocycles. The van der Waals surface area contributed by atoms with Crippen molar-refractivity contribution in [3.63, 3.8) is 0 Å². The quantitative estimate of drug-likeness (QED) is 0.699. The van der Waals surface area contributed by atoms with Gasteiger partial charge in [-0.15, -0.1) is 0 Å². The van der Waals surface area contributed by atoms with Gasteiger partial charge in [-0.2, -0.15) is 0 Å². The second-order valence-corrected chi connectivity index (χ2v) is 4.78. The van der Waals surface area contributed by atoms with Crippen molar-refractivity contribution in [2.75, 3.05) is 13.2 Å². The van der Waals surface area contributed by atoms with E-state index in [1.165, 1.54) is 5.57 Å². The Hall–Kier alpha value is -0.340. The van der Waals surface area contributed by atoms with Gasteiger partial charge >= 0.3 is 0 Å². The highest BCUT2D eigenvalue weighted by molar-refractivity contribution is 4.96. The van der Waals surface area contributed by atoms with Crippen molar-refractivity contribution >= 4 is 0 Å². The highest BCUT2D eigenvalue weighted by Gasteiger charge is 2.28. The normalized spacial score (nSPS) is 26.1. The first-order valence-electron chi connectivity index (χ1n) is 5.57. The average Bonchev–Trinajstić information content (AvgIpc) is 2.12. The molecule has 2 nitrogen and oxygen atoms in total. The Balaban J connectivity index is 2.28. The first-order valence-corrected chi connectivity index (χ1v) is 5.57. The lowest BCUT2D eigenvalue weighted by Crippen LogP contribution is -2.44. The van der Waals surface area contributed by atoms with Gasteiger partial charge in [-0.3, -0.25) is 0 Å². The summed E-state index contributed by atoms with van der Waals surface area (Å²) < 4.78 is 5.67. The Morgan fingerprint density at radius 2 is 2.29 bits per heavy atom. The molecule has 1 fully saturated rings. The minimum atomic E-state index is 0.0451. The number of rotatable bonds is 4. The van der Waals surface area contributed by atoms with Crippen LogP contribution >= 0.6 is 0 Å². The topological polar surface area (TPSA) is 21.3 Å². The molecule has 0 amide bonds. The SMILES string of the molecule is C=C(CC)CNC1CCOC(C)(C)C1. The van der Waals surface area contributed by atoms with Crippen LogP contribution in [0.5, 0.6) is 0 Å². The number of hydrogen-bond donors (Lipinski definition) is 1. The molecule has 0 spiro atoms. The zero-order valence-corrected chi connectivity index (χ0v) is 9.73. The van der Waals surface area contributed by atoms with Gasteiger partial charge in [0, 0.05) is 19.2 Å². The van der Waals surface area contributed by atoms with Gasteiger partial charge < -0.3 is 10.1 Å². The van der Waals surface area contributed by atoms with E-state index in [2.05, 4.69) is 32.7 Å². The maximum atomic E-state index is 5.67. The Morgan fingerprint density at radius 3 is 2.86 bits per heavy atom. The summed E-state index contributed by atoms with van der Waals surface area (Å²) in [6.07, 6.45) is 3.30. The van der Waals surface area contributed by atoms with Crippen LogP contribution in [0.4, 0.5) is 0 Å². The van der Waals surface area contributed by atoms with Gasteiger partial charge in [0.2, 0.25) is 0 Å². The Labute approximate surface area is 87.7 Å². The molecule has 82 valence electrons. The molecule has 1 atom stereocenters. The molecule has 0 aromatic carbocycles. The van der Waals surface area contributed by atoms with Crippen LogP contribution in [0.25, 0.3) is 0 Å². The van der Waals surface area contributed by atoms with Crippen LogP contribution in [-0.4, -0.2) is 24.8 Å². The molecule has 1 aliphatic rings. The van der Waals surface area contributed by atoms with Gasteiger partial charge in [0.1, 0.15) is 0 Å². The summed E-state index contributed by atoms with van der Waals surface area (Å²) in [5.74, 6) is 0. The first kappa shape index (κ1) is 11.7. The molecule has 1 heterocycles. The first-order chi connectivity index (χ1) is 6.53. The molecule has 1 saturated heterocycles. The Morgan fingerprint density at radius 1 is 1.57 bits per heavy atom. The standard InChI is InChI=1S/C12H23NO/c1-5-10(2)9-13-11-6-7-14-12(3,4)8-11/h11,13H,2,5-9H2,1,3-4H3. The minimum Gasteiger partial charge on any atom is -0.375 e. The van der Waals surface area contributed by atoms with Gasteiger partial charge in [0.25, 0.3) is 0 Å². The second-order valence-electron chi connectivity index (χ2n) is 4.78. The third-order valence-electron chi connectivity index (χ3n) is 2.84. The maximum absolute atomic E-state index is 5.67. The van der Waals surface area contributed by atoms with Crippen LogP contribution in [0.2, 0.25) is 0 Å². The molecule has 0 bridgehead atoms. The Kier molecular flexibility index (Phi) is 4.14. The molecule has 2 heteroatoms. The third-order valence-corrected chi connectivity index (χ3v) is 2.84. The summed E-state index contributed by atoms with van der Waals surface area (Å²) >= 11 is 0. The molecule has 0 aromatic rings. The van der Waals surface area contributed by atoms with Gasteiger partial charge in [-0.05, 0) is 33.1 Å². The van der Waals surface area contributed by atoms with E-state index in [1.54, 1.807) is 0 Å². The molecule has 14 heavy (non-hydrogen) atoms. The van der Waals surface area contributed by atoms with Crippen LogP contribution in [-0.2, 0) is 4.74 Å². The lowest BCUT2D eigenvalue weighted by Gasteiger charge is -2.36. The van der Waals surface area contributed by atoms with Gasteiger partial charge in [0.05, 0.1) is 5.60 Å². The minimum absolute atomic E-state index is 0.0451. The van der Waals surface area contributed by atoms with Crippen molar-refractivity contribution in [2.24, 2.45) is 0 Å². The zero-order valence-electron chi connectivity index (χ0n) is 9.73. The summed E-state index contributed by atoms with van der Waals surface area (Å²) in [5, 5.41) is 3.55. The van der Waals surface area contributed by atoms with Crippen molar-refractivity contribution in [1.29, 1.82) is 0 Å². The monoisotopic (exact) mass is 197 g/mol. The van der Waals surface area contributed by atoms with Crippen molar-refractivity contribution in [2.45, 2.75) is 51.7 Å². The van der Waals surface area contributed by atoms with E-state index >= 15 is 0 Å². The van der Waals surface area contributed by atoms with Crippen LogP contribution in [0.15, 0.2) is 12.2 Å². The number of nitrogens with one attached hydrogen (secondary N) is 1. The van der Waals surface area contributed by atoms with Crippen LogP contribution in [0.1, 0.15) is 40.0 Å². The van der Waals surface area contributed by atoms with E-state index in [0.29, 0.717) is 6.04 Å². The molecule has 0 aromatic heterocycles. The number of hydrogen-bond acceptors (Lipinski definition) is 2. The fraction of sp³-hybridized carbons (Fsp3) is 0.833. The van der Waals surface area contributed by atoms with E-state index < -0.39 is 0 Å². The predicted octanol–water partition coefficient (Wildman–Crippen LogP) is 2.50. The van der Waals surface area contributed by atoms with Crippen molar-refractivity contribution < 1.29 is 4.74 Å². The van der Waals surface area contributed by atoms with Crippen LogP contribution < -0.4 is 5.32 Å². The molecule has 0 radical (unpaired) electrons. The molecular weight excluding hydrogens is 174 g/mol. The van der Waals surface area contributed by atoms with Crippen LogP contribution in [0, 0.1) is 0 Å². The average molecular weight is 197 g/mol. The summed E-state index contributed by atoms with van der Waals surface area (Å²) in [6, 6.07) is 0.599. The molecule has 1 unspecified atom stereocenters. The largest absolute Gasteiger partial charge is 0.375 e. The van der Waals surface area contributed by atoms with Gasteiger partial charge in [-0.25, -0.2) is 0 Å². The summed E-state index contributed by atoms with van der Waals surface area (Å²) in [6.45, 7) is 12.3. The van der Waals surface area contributed by atoms with Crippen LogP contribution in [0.3, 0.4) is 0 Å². The van der Waals surface area contributed by atoms with E-state index in [1.807, 2.05) is 0 Å². The zero-order chi connectivity index (χ0) is 10.6. The Bertz CT molecular complexity index is 198. The van der Waals surface area contributed by atoms with Crippen molar-refractivity contribution in [3.05, 3.63) is 12.2 Å². The predicted molar refractivity (Wildman–Crippen MR) is 60.5 cm³/mol. The number of ether oxygens (including phenoxy) is 1. The molecule has 1 N–H and O–H groups in total. The lowest BCUT2D eigenvalue weighted by atomic mass is 9.94. The molecular formula is C12H23NO. The van der Waals surface area contributed by atoms with E-state index in [-0.39, 0.29) is 5.60 Å². The van der Waals surface area contributed by atoms with Crippen molar-refractivity contribution in [1.82, 2.24) is 5.32 Å². The van der Waals surface area contributed by atoms with E-state index in [9.17, 15) is 0 Å². The summed E-state index contributed by atoms with van der Waals surface area (Å²) in [4.78, 5) is 0. The molecule has 0 aliphatic carbocycles. The molecule has 1 rings (SSSR count). The smallest absolute Gasteiger partial charge is 0.0641 e. The van der Waals surface area contributed by atoms with Crippen molar-refractivity contribution in [3.8, 4) is 0 Å². The van der Waals surface area contributed by atoms with E-state index in [0.717, 1.165) is 32.4 Å². The summed E-state index contributed by atoms with van der Waals surface area (Å²) in [5.41, 5.74) is 1.33. The summed E-state index contributed by atoms with van der Waals surface area (Å²) in [7, 11) is 0. The lowest BCUT2D eigenvalue weighted by molar-refractivity contribution is -0.0624. The molecule has 1 aliphatic heterocycles. The van der Waals surface area contributed by atoms with E-state index in [4.69, 9.17) is 4.74 Å².